The van der Waals surface area contributed by atoms with Gasteiger partial charge in [0.05, 0.1) is 6.20 Å². The van der Waals surface area contributed by atoms with Crippen LogP contribution in [0.2, 0.25) is 0 Å². The maximum Gasteiger partial charge on any atom is 0.124 e. The largest absolute Gasteiger partial charge is 0.368 e. The van der Waals surface area contributed by atoms with E-state index in [-0.39, 0.29) is 0 Å². The molecule has 78 valence electrons. The summed E-state index contributed by atoms with van der Waals surface area (Å²) in [6.45, 7) is 3.07. The highest BCUT2D eigenvalue weighted by atomic mass is 15.3. The summed E-state index contributed by atoms with van der Waals surface area (Å²) in [7, 11) is 0. The van der Waals surface area contributed by atoms with Crippen molar-refractivity contribution in [3.8, 4) is 0 Å². The zero-order valence-corrected chi connectivity index (χ0v) is 8.87. The molecule has 1 aromatic heterocycles. The third kappa shape index (κ3) is 2.08. The summed E-state index contributed by atoms with van der Waals surface area (Å²) >= 11 is 0. The van der Waals surface area contributed by atoms with Gasteiger partial charge in [0, 0.05) is 18.7 Å². The zero-order valence-electron chi connectivity index (χ0n) is 8.87. The number of nitrogens with zero attached hydrogens (tertiary/aromatic N) is 2. The first-order valence-corrected chi connectivity index (χ1v) is 5.68. The zero-order chi connectivity index (χ0) is 9.80. The lowest BCUT2D eigenvalue weighted by Gasteiger charge is -2.23. The molecule has 1 fully saturated rings. The lowest BCUT2D eigenvalue weighted by atomic mass is 9.95. The Balaban J connectivity index is 1.95. The van der Waals surface area contributed by atoms with E-state index in [4.69, 9.17) is 0 Å². The van der Waals surface area contributed by atoms with Gasteiger partial charge >= 0.3 is 0 Å². The van der Waals surface area contributed by atoms with E-state index in [9.17, 15) is 0 Å². The Kier molecular flexibility index (Phi) is 3.07. The van der Waals surface area contributed by atoms with Crippen molar-refractivity contribution < 1.29 is 0 Å². The van der Waals surface area contributed by atoms with Gasteiger partial charge in [0.15, 0.2) is 0 Å². The Morgan fingerprint density at radius 3 is 2.93 bits per heavy atom. The van der Waals surface area contributed by atoms with Gasteiger partial charge in [0.1, 0.15) is 5.82 Å². The third-order valence-corrected chi connectivity index (χ3v) is 2.97. The molecule has 0 bridgehead atoms. The smallest absolute Gasteiger partial charge is 0.124 e. The molecule has 1 heterocycles. The predicted octanol–water partition coefficient (Wildman–Crippen LogP) is 2.65. The van der Waals surface area contributed by atoms with Crippen molar-refractivity contribution in [2.24, 2.45) is 0 Å². The van der Waals surface area contributed by atoms with E-state index >= 15 is 0 Å². The number of hydrogen-bond donors (Lipinski definition) is 1. The molecule has 0 unspecified atom stereocenters. The fourth-order valence-corrected chi connectivity index (χ4v) is 2.16. The molecule has 1 saturated carbocycles. The van der Waals surface area contributed by atoms with E-state index in [0.29, 0.717) is 6.04 Å². The molecule has 0 radical (unpaired) electrons. The van der Waals surface area contributed by atoms with Crippen molar-refractivity contribution in [1.82, 2.24) is 9.78 Å². The van der Waals surface area contributed by atoms with Gasteiger partial charge in [0.25, 0.3) is 0 Å². The van der Waals surface area contributed by atoms with Crippen molar-refractivity contribution >= 4 is 5.82 Å². The SMILES string of the molecule is CCn1nccc1NC1CCCCC1. The molecule has 3 heteroatoms. The molecule has 0 amide bonds. The Labute approximate surface area is 85.5 Å². The fraction of sp³-hybridized carbons (Fsp3) is 0.727. The molecular weight excluding hydrogens is 174 g/mol. The first-order valence-electron chi connectivity index (χ1n) is 5.68. The summed E-state index contributed by atoms with van der Waals surface area (Å²) in [6, 6.07) is 2.74. The summed E-state index contributed by atoms with van der Waals surface area (Å²) in [5.74, 6) is 1.18. The summed E-state index contributed by atoms with van der Waals surface area (Å²) < 4.78 is 2.02. The summed E-state index contributed by atoms with van der Waals surface area (Å²) in [5.41, 5.74) is 0. The third-order valence-electron chi connectivity index (χ3n) is 2.97. The molecule has 1 aromatic rings. The van der Waals surface area contributed by atoms with Crippen LogP contribution in [0.15, 0.2) is 12.3 Å². The molecule has 1 N–H and O–H groups in total. The first-order chi connectivity index (χ1) is 6.90. The monoisotopic (exact) mass is 193 g/mol. The minimum Gasteiger partial charge on any atom is -0.368 e. The lowest BCUT2D eigenvalue weighted by molar-refractivity contribution is 0.459. The highest BCUT2D eigenvalue weighted by Crippen LogP contribution is 2.21. The second-order valence-electron chi connectivity index (χ2n) is 4.01. The van der Waals surface area contributed by atoms with E-state index in [1.807, 2.05) is 10.9 Å². The number of aromatic nitrogens is 2. The molecule has 3 nitrogen and oxygen atoms in total. The lowest BCUT2D eigenvalue weighted by Crippen LogP contribution is -2.23. The van der Waals surface area contributed by atoms with Crippen LogP contribution in [0.3, 0.4) is 0 Å². The molecule has 0 spiro atoms. The van der Waals surface area contributed by atoms with Crippen molar-refractivity contribution in [3.63, 3.8) is 0 Å². The molecule has 0 aromatic carbocycles. The molecule has 14 heavy (non-hydrogen) atoms. The van der Waals surface area contributed by atoms with Crippen LogP contribution in [0.4, 0.5) is 5.82 Å². The van der Waals surface area contributed by atoms with Crippen molar-refractivity contribution in [3.05, 3.63) is 12.3 Å². The minimum atomic E-state index is 0.672. The minimum absolute atomic E-state index is 0.672. The van der Waals surface area contributed by atoms with E-state index < -0.39 is 0 Å². The Morgan fingerprint density at radius 2 is 2.21 bits per heavy atom. The molecule has 1 aliphatic carbocycles. The van der Waals surface area contributed by atoms with Crippen LogP contribution in [-0.2, 0) is 6.54 Å². The van der Waals surface area contributed by atoms with Crippen LogP contribution in [0.5, 0.6) is 0 Å². The van der Waals surface area contributed by atoms with Gasteiger partial charge in [0.2, 0.25) is 0 Å². The molecule has 1 aliphatic rings. The highest BCUT2D eigenvalue weighted by Gasteiger charge is 2.14. The van der Waals surface area contributed by atoms with Gasteiger partial charge in [-0.2, -0.15) is 5.10 Å². The van der Waals surface area contributed by atoms with Crippen LogP contribution in [-0.4, -0.2) is 15.8 Å². The fourth-order valence-electron chi connectivity index (χ4n) is 2.16. The van der Waals surface area contributed by atoms with Crippen molar-refractivity contribution in [2.75, 3.05) is 5.32 Å². The highest BCUT2D eigenvalue weighted by molar-refractivity contribution is 5.35. The number of aryl methyl sites for hydroxylation is 1. The maximum atomic E-state index is 4.25. The first kappa shape index (κ1) is 9.56. The van der Waals surface area contributed by atoms with E-state index in [0.717, 1.165) is 6.54 Å². The topological polar surface area (TPSA) is 29.9 Å². The summed E-state index contributed by atoms with van der Waals surface area (Å²) in [6.07, 6.45) is 8.65. The Bertz CT molecular complexity index is 274. The quantitative estimate of drug-likeness (QED) is 0.799. The molecule has 0 atom stereocenters. The molecule has 2 rings (SSSR count). The van der Waals surface area contributed by atoms with Crippen LogP contribution in [0.1, 0.15) is 39.0 Å². The predicted molar refractivity (Wildman–Crippen MR) is 58.4 cm³/mol. The Hall–Kier alpha value is -0.990. The number of hydrogen-bond acceptors (Lipinski definition) is 2. The Morgan fingerprint density at radius 1 is 1.43 bits per heavy atom. The standard InChI is InChI=1S/C11H19N3/c1-2-14-11(8-9-12-14)13-10-6-4-3-5-7-10/h8-10,13H,2-7H2,1H3. The van der Waals surface area contributed by atoms with Crippen molar-refractivity contribution in [1.29, 1.82) is 0 Å². The van der Waals surface area contributed by atoms with Gasteiger partial charge in [-0.05, 0) is 19.8 Å². The van der Waals surface area contributed by atoms with Crippen LogP contribution in [0, 0.1) is 0 Å². The molecule has 0 saturated heterocycles. The van der Waals surface area contributed by atoms with E-state index in [1.54, 1.807) is 0 Å². The average Bonchev–Trinajstić information content (AvgIpc) is 2.67. The van der Waals surface area contributed by atoms with Crippen LogP contribution < -0.4 is 5.32 Å². The molecule has 0 aliphatic heterocycles. The maximum absolute atomic E-state index is 4.25. The van der Waals surface area contributed by atoms with E-state index in [2.05, 4.69) is 23.4 Å². The summed E-state index contributed by atoms with van der Waals surface area (Å²) in [4.78, 5) is 0. The van der Waals surface area contributed by atoms with E-state index in [1.165, 1.54) is 37.9 Å². The number of anilines is 1. The number of nitrogens with one attached hydrogen (secondary N) is 1. The summed E-state index contributed by atoms with van der Waals surface area (Å²) in [5, 5.41) is 7.84. The second kappa shape index (κ2) is 4.49. The normalized spacial score (nSPS) is 18.4. The van der Waals surface area contributed by atoms with Crippen molar-refractivity contribution in [2.45, 2.75) is 51.6 Å². The van der Waals surface area contributed by atoms with Gasteiger partial charge in [-0.25, -0.2) is 0 Å². The van der Waals surface area contributed by atoms with Crippen LogP contribution >= 0.6 is 0 Å². The van der Waals surface area contributed by atoms with Gasteiger partial charge in [-0.3, -0.25) is 4.68 Å². The van der Waals surface area contributed by atoms with Gasteiger partial charge in [-0.1, -0.05) is 19.3 Å². The van der Waals surface area contributed by atoms with Gasteiger partial charge in [-0.15, -0.1) is 0 Å². The van der Waals surface area contributed by atoms with Crippen LogP contribution in [0.25, 0.3) is 0 Å². The number of rotatable bonds is 3. The average molecular weight is 193 g/mol. The molecular formula is C11H19N3. The second-order valence-corrected chi connectivity index (χ2v) is 4.01. The van der Waals surface area contributed by atoms with Gasteiger partial charge < -0.3 is 5.32 Å².